The highest BCUT2D eigenvalue weighted by atomic mass is 35.5. The van der Waals surface area contributed by atoms with Crippen LogP contribution in [0.1, 0.15) is 5.56 Å². The van der Waals surface area contributed by atoms with Gasteiger partial charge in [-0.05, 0) is 36.8 Å². The largest absolute Gasteiger partial charge is 0.457 e. The maximum Gasteiger partial charge on any atom is 0.292 e. The van der Waals surface area contributed by atoms with E-state index in [0.29, 0.717) is 16.5 Å². The van der Waals surface area contributed by atoms with Crippen molar-refractivity contribution < 1.29 is 9.66 Å². The summed E-state index contributed by atoms with van der Waals surface area (Å²) in [5.41, 5.74) is 6.39. The summed E-state index contributed by atoms with van der Waals surface area (Å²) >= 11 is 5.91. The van der Waals surface area contributed by atoms with Crippen molar-refractivity contribution >= 4 is 23.0 Å². The number of halogens is 1. The first-order valence-electron chi connectivity index (χ1n) is 5.45. The van der Waals surface area contributed by atoms with Crippen molar-refractivity contribution in [3.63, 3.8) is 0 Å². The molecule has 0 aliphatic carbocycles. The van der Waals surface area contributed by atoms with Crippen LogP contribution in [0, 0.1) is 17.0 Å². The number of hydrogen-bond acceptors (Lipinski definition) is 4. The van der Waals surface area contributed by atoms with Crippen LogP contribution in [-0.4, -0.2) is 4.92 Å². The van der Waals surface area contributed by atoms with Gasteiger partial charge in [0.1, 0.15) is 17.2 Å². The third-order valence-electron chi connectivity index (χ3n) is 2.56. The molecule has 0 saturated carbocycles. The van der Waals surface area contributed by atoms with E-state index in [1.807, 2.05) is 6.92 Å². The highest BCUT2D eigenvalue weighted by Crippen LogP contribution is 2.30. The molecule has 0 atom stereocenters. The number of aryl methyl sites for hydroxylation is 1. The van der Waals surface area contributed by atoms with E-state index in [9.17, 15) is 10.1 Å². The molecular weight excluding hydrogens is 268 g/mol. The fourth-order valence-corrected chi connectivity index (χ4v) is 1.70. The minimum Gasteiger partial charge on any atom is -0.457 e. The Morgan fingerprint density at radius 2 is 1.84 bits per heavy atom. The third-order valence-corrected chi connectivity index (χ3v) is 2.98. The molecule has 0 saturated heterocycles. The maximum absolute atomic E-state index is 10.6. The van der Waals surface area contributed by atoms with E-state index in [1.54, 1.807) is 18.2 Å². The van der Waals surface area contributed by atoms with Crippen molar-refractivity contribution in [1.29, 1.82) is 0 Å². The number of benzene rings is 2. The topological polar surface area (TPSA) is 78.4 Å². The zero-order chi connectivity index (χ0) is 14.0. The van der Waals surface area contributed by atoms with E-state index in [0.717, 1.165) is 5.56 Å². The Hall–Kier alpha value is -2.27. The minimum atomic E-state index is -0.536. The van der Waals surface area contributed by atoms with Crippen LogP contribution in [0.4, 0.5) is 11.4 Å². The Morgan fingerprint density at radius 1 is 1.21 bits per heavy atom. The Balaban J connectivity index is 2.26. The lowest BCUT2D eigenvalue weighted by Crippen LogP contribution is -1.96. The number of ether oxygens (including phenoxy) is 1. The van der Waals surface area contributed by atoms with Crippen LogP contribution in [0.25, 0.3) is 0 Å². The van der Waals surface area contributed by atoms with Gasteiger partial charge in [0.2, 0.25) is 0 Å². The fraction of sp³-hybridized carbons (Fsp3) is 0.0769. The molecule has 2 aromatic rings. The number of nitro groups is 1. The van der Waals surface area contributed by atoms with Gasteiger partial charge in [-0.25, -0.2) is 0 Å². The van der Waals surface area contributed by atoms with E-state index in [4.69, 9.17) is 22.1 Å². The highest BCUT2D eigenvalue weighted by Gasteiger charge is 2.12. The molecule has 0 heterocycles. The molecule has 0 bridgehead atoms. The Kier molecular flexibility index (Phi) is 3.57. The third kappa shape index (κ3) is 2.95. The van der Waals surface area contributed by atoms with E-state index in [2.05, 4.69) is 0 Å². The maximum atomic E-state index is 10.6. The molecule has 0 unspecified atom stereocenters. The number of nitrogens with zero attached hydrogens (tertiary/aromatic N) is 1. The predicted molar refractivity (Wildman–Crippen MR) is 73.8 cm³/mol. The lowest BCUT2D eigenvalue weighted by atomic mass is 10.2. The summed E-state index contributed by atoms with van der Waals surface area (Å²) in [5, 5.41) is 11.3. The van der Waals surface area contributed by atoms with Crippen molar-refractivity contribution in [3.8, 4) is 11.5 Å². The molecule has 0 amide bonds. The van der Waals surface area contributed by atoms with Crippen LogP contribution < -0.4 is 10.5 Å². The molecule has 2 N–H and O–H groups in total. The first-order valence-corrected chi connectivity index (χ1v) is 5.83. The zero-order valence-corrected chi connectivity index (χ0v) is 10.8. The van der Waals surface area contributed by atoms with E-state index in [-0.39, 0.29) is 11.4 Å². The molecule has 19 heavy (non-hydrogen) atoms. The number of anilines is 1. The summed E-state index contributed by atoms with van der Waals surface area (Å²) in [5.74, 6) is 1.03. The smallest absolute Gasteiger partial charge is 0.292 e. The van der Waals surface area contributed by atoms with Crippen LogP contribution in [-0.2, 0) is 0 Å². The van der Waals surface area contributed by atoms with Crippen molar-refractivity contribution in [2.24, 2.45) is 0 Å². The average molecular weight is 279 g/mol. The van der Waals surface area contributed by atoms with E-state index >= 15 is 0 Å². The second kappa shape index (κ2) is 5.16. The SMILES string of the molecule is Cc1cc(Oc2ccc([N+](=O)[O-])c(N)c2)ccc1Cl. The molecule has 0 aliphatic heterocycles. The number of nitrogen functional groups attached to an aromatic ring is 1. The summed E-state index contributed by atoms with van der Waals surface area (Å²) < 4.78 is 5.57. The normalized spacial score (nSPS) is 10.2. The van der Waals surface area contributed by atoms with Crippen molar-refractivity contribution in [2.45, 2.75) is 6.92 Å². The van der Waals surface area contributed by atoms with Gasteiger partial charge in [0.15, 0.2) is 0 Å². The lowest BCUT2D eigenvalue weighted by molar-refractivity contribution is -0.383. The minimum absolute atomic E-state index is 0.0631. The van der Waals surface area contributed by atoms with Crippen molar-refractivity contribution in [3.05, 3.63) is 57.1 Å². The summed E-state index contributed by atoms with van der Waals surface area (Å²) in [4.78, 5) is 10.1. The predicted octanol–water partition coefficient (Wildman–Crippen LogP) is 3.93. The Labute approximate surface area is 114 Å². The van der Waals surface area contributed by atoms with Gasteiger partial charge in [-0.1, -0.05) is 11.6 Å². The van der Waals surface area contributed by atoms with E-state index in [1.165, 1.54) is 18.2 Å². The summed E-state index contributed by atoms with van der Waals surface area (Å²) in [6.45, 7) is 1.86. The van der Waals surface area contributed by atoms with Crippen LogP contribution in [0.5, 0.6) is 11.5 Å². The standard InChI is InChI=1S/C13H11ClN2O3/c1-8-6-9(2-4-11(8)14)19-10-3-5-13(16(17)18)12(15)7-10/h2-7H,15H2,1H3. The second-order valence-corrected chi connectivity index (χ2v) is 4.40. The number of hydrogen-bond donors (Lipinski definition) is 1. The van der Waals surface area contributed by atoms with Gasteiger partial charge in [0.25, 0.3) is 5.69 Å². The van der Waals surface area contributed by atoms with Crippen LogP contribution in [0.3, 0.4) is 0 Å². The Bertz CT molecular complexity index is 644. The van der Waals surface area contributed by atoms with E-state index < -0.39 is 4.92 Å². The molecule has 0 aliphatic rings. The Morgan fingerprint density at radius 3 is 2.42 bits per heavy atom. The molecule has 2 rings (SSSR count). The molecule has 0 spiro atoms. The van der Waals surface area contributed by atoms with Gasteiger partial charge in [0.05, 0.1) is 4.92 Å². The zero-order valence-electron chi connectivity index (χ0n) is 10.1. The van der Waals surface area contributed by atoms with Gasteiger partial charge in [-0.3, -0.25) is 10.1 Å². The van der Waals surface area contributed by atoms with Crippen LogP contribution in [0.15, 0.2) is 36.4 Å². The molecule has 6 heteroatoms. The second-order valence-electron chi connectivity index (χ2n) is 3.99. The van der Waals surface area contributed by atoms with Gasteiger partial charge < -0.3 is 10.5 Å². The summed E-state index contributed by atoms with van der Waals surface area (Å²) in [7, 11) is 0. The monoisotopic (exact) mass is 278 g/mol. The molecule has 0 radical (unpaired) electrons. The quantitative estimate of drug-likeness (QED) is 0.524. The first kappa shape index (κ1) is 13.2. The van der Waals surface area contributed by atoms with Crippen molar-refractivity contribution in [2.75, 3.05) is 5.73 Å². The molecule has 0 fully saturated rings. The van der Waals surface area contributed by atoms with Crippen molar-refractivity contribution in [1.82, 2.24) is 0 Å². The van der Waals surface area contributed by atoms with Gasteiger partial charge >= 0.3 is 0 Å². The first-order chi connectivity index (χ1) is 8.97. The number of nitrogens with two attached hydrogens (primary N) is 1. The average Bonchev–Trinajstić information content (AvgIpc) is 2.33. The highest BCUT2D eigenvalue weighted by molar-refractivity contribution is 6.31. The lowest BCUT2D eigenvalue weighted by Gasteiger charge is -2.08. The molecule has 98 valence electrons. The summed E-state index contributed by atoms with van der Waals surface area (Å²) in [6, 6.07) is 9.45. The molecule has 5 nitrogen and oxygen atoms in total. The molecular formula is C13H11ClN2O3. The van der Waals surface area contributed by atoms with Crippen LogP contribution >= 0.6 is 11.6 Å². The number of rotatable bonds is 3. The number of nitro benzene ring substituents is 1. The van der Waals surface area contributed by atoms with Crippen LogP contribution in [0.2, 0.25) is 5.02 Å². The van der Waals surface area contributed by atoms with Gasteiger partial charge in [-0.15, -0.1) is 0 Å². The van der Waals surface area contributed by atoms with Gasteiger partial charge in [0, 0.05) is 17.2 Å². The fourth-order valence-electron chi connectivity index (χ4n) is 1.58. The molecule has 0 aromatic heterocycles. The molecule has 2 aromatic carbocycles. The summed E-state index contributed by atoms with van der Waals surface area (Å²) in [6.07, 6.45) is 0. The van der Waals surface area contributed by atoms with Gasteiger partial charge in [-0.2, -0.15) is 0 Å².